The van der Waals surface area contributed by atoms with Crippen molar-refractivity contribution in [1.29, 1.82) is 5.26 Å². The highest BCUT2D eigenvalue weighted by Crippen LogP contribution is 2.39. The molecule has 3 N–H and O–H groups in total. The fourth-order valence-corrected chi connectivity index (χ4v) is 7.60. The van der Waals surface area contributed by atoms with E-state index in [2.05, 4.69) is 10.6 Å². The maximum atomic E-state index is 13.6. The Bertz CT molecular complexity index is 1130. The van der Waals surface area contributed by atoms with Crippen LogP contribution < -0.4 is 16.0 Å². The lowest BCUT2D eigenvalue weighted by molar-refractivity contribution is -0.176. The molecule has 0 aromatic rings. The normalized spacial score (nSPS) is 28.4. The number of hydrogen-bond acceptors (Lipinski definition) is 7. The third kappa shape index (κ3) is 6.57. The first-order chi connectivity index (χ1) is 17.4. The van der Waals surface area contributed by atoms with Gasteiger partial charge in [0.05, 0.1) is 17.6 Å². The van der Waals surface area contributed by atoms with Crippen molar-refractivity contribution in [1.82, 2.24) is 20.9 Å². The van der Waals surface area contributed by atoms with Crippen molar-refractivity contribution in [2.45, 2.75) is 64.3 Å². The van der Waals surface area contributed by atoms with Gasteiger partial charge >= 0.3 is 12.1 Å². The highest BCUT2D eigenvalue weighted by Gasteiger charge is 2.56. The molecule has 0 bridgehead atoms. The molecule has 3 saturated heterocycles. The zero-order chi connectivity index (χ0) is 28.6. The lowest BCUT2D eigenvalue weighted by Crippen LogP contribution is -2.60. The number of halogens is 3. The zero-order valence-corrected chi connectivity index (χ0v) is 22.1. The van der Waals surface area contributed by atoms with Crippen LogP contribution in [0.1, 0.15) is 40.0 Å². The minimum absolute atomic E-state index is 0.00733. The van der Waals surface area contributed by atoms with Crippen LogP contribution in [0.5, 0.6) is 0 Å². The van der Waals surface area contributed by atoms with Gasteiger partial charge in [-0.1, -0.05) is 20.8 Å². The number of amides is 4. The van der Waals surface area contributed by atoms with E-state index in [0.717, 1.165) is 4.90 Å². The van der Waals surface area contributed by atoms with E-state index in [1.807, 2.05) is 6.07 Å². The summed E-state index contributed by atoms with van der Waals surface area (Å²) in [5, 5.41) is 16.5. The van der Waals surface area contributed by atoms with Crippen LogP contribution in [0, 0.1) is 34.5 Å². The highest BCUT2D eigenvalue weighted by molar-refractivity contribution is 7.91. The number of piperidine rings is 1. The second-order valence-corrected chi connectivity index (χ2v) is 13.4. The number of rotatable bonds is 6. The molecule has 0 radical (unpaired) electrons. The molecule has 3 rings (SSSR count). The summed E-state index contributed by atoms with van der Waals surface area (Å²) in [6.07, 6.45) is -4.02. The van der Waals surface area contributed by atoms with Crippen molar-refractivity contribution in [3.8, 4) is 6.07 Å². The van der Waals surface area contributed by atoms with Gasteiger partial charge in [-0.25, -0.2) is 8.42 Å². The molecule has 11 nitrogen and oxygen atoms in total. The predicted molar refractivity (Wildman–Crippen MR) is 126 cm³/mol. The number of alkyl halides is 3. The molecule has 3 fully saturated rings. The van der Waals surface area contributed by atoms with Gasteiger partial charge < -0.3 is 20.9 Å². The molecule has 0 spiro atoms. The Morgan fingerprint density at radius 1 is 1.18 bits per heavy atom. The van der Waals surface area contributed by atoms with Gasteiger partial charge in [-0.2, -0.15) is 18.4 Å². The molecule has 212 valence electrons. The van der Waals surface area contributed by atoms with Gasteiger partial charge in [-0.15, -0.1) is 0 Å². The van der Waals surface area contributed by atoms with Gasteiger partial charge in [-0.3, -0.25) is 19.2 Å². The van der Waals surface area contributed by atoms with Crippen LogP contribution >= 0.6 is 0 Å². The number of sulfone groups is 1. The average molecular weight is 564 g/mol. The number of hydrogen-bond donors (Lipinski definition) is 3. The Kier molecular flexibility index (Phi) is 8.35. The van der Waals surface area contributed by atoms with E-state index in [1.54, 1.807) is 5.32 Å². The first-order valence-electron chi connectivity index (χ1n) is 12.3. The summed E-state index contributed by atoms with van der Waals surface area (Å²) in [7, 11) is -3.53. The molecule has 0 unspecified atom stereocenters. The molecular weight excluding hydrogens is 531 g/mol. The van der Waals surface area contributed by atoms with E-state index < -0.39 is 80.8 Å². The van der Waals surface area contributed by atoms with Gasteiger partial charge in [0.25, 0.3) is 0 Å². The number of likely N-dealkylation sites (tertiary alicyclic amines) is 1. The molecule has 4 amide bonds. The highest BCUT2D eigenvalue weighted by atomic mass is 32.2. The van der Waals surface area contributed by atoms with E-state index >= 15 is 0 Å². The minimum Gasteiger partial charge on any atom is -0.356 e. The standard InChI is InChI=1S/C23H32F3N5O6S/c1-22(2,3)17(30-21(35)23(24,25)26)20(34)31-9-13-10-38(36,37)11-15(13)16(31)19(33)29-14(8-27)7-12-5-4-6-28-18(12)32/h12-17H,4-7,9-11H2,1-3H3,(H,28,32)(H,29,33)(H,30,35)/t12-,13+,14-,15-,16-,17+/m0/s1. The summed E-state index contributed by atoms with van der Waals surface area (Å²) in [5.41, 5.74) is -1.19. The van der Waals surface area contributed by atoms with E-state index in [9.17, 15) is 46.0 Å². The summed E-state index contributed by atoms with van der Waals surface area (Å²) in [6, 6.07) is -2.25. The summed E-state index contributed by atoms with van der Waals surface area (Å²) in [4.78, 5) is 51.9. The fraction of sp³-hybridized carbons (Fsp3) is 0.783. The van der Waals surface area contributed by atoms with Crippen molar-refractivity contribution in [3.63, 3.8) is 0 Å². The topological polar surface area (TPSA) is 166 Å². The molecule has 0 aliphatic carbocycles. The lowest BCUT2D eigenvalue weighted by atomic mass is 9.85. The Labute approximate surface area is 218 Å². The first-order valence-corrected chi connectivity index (χ1v) is 14.1. The van der Waals surface area contributed by atoms with Crippen molar-refractivity contribution < 1.29 is 40.8 Å². The van der Waals surface area contributed by atoms with Crippen LogP contribution in [0.4, 0.5) is 13.2 Å². The van der Waals surface area contributed by atoms with Gasteiger partial charge in [0.1, 0.15) is 18.1 Å². The number of carbonyl (C=O) groups is 4. The van der Waals surface area contributed by atoms with Gasteiger partial charge in [0.2, 0.25) is 17.7 Å². The van der Waals surface area contributed by atoms with E-state index in [-0.39, 0.29) is 24.6 Å². The molecule has 3 aliphatic heterocycles. The lowest BCUT2D eigenvalue weighted by Gasteiger charge is -2.36. The van der Waals surface area contributed by atoms with Crippen LogP contribution in [0.15, 0.2) is 0 Å². The fourth-order valence-electron chi connectivity index (χ4n) is 5.42. The van der Waals surface area contributed by atoms with Gasteiger partial charge in [0, 0.05) is 24.9 Å². The summed E-state index contributed by atoms with van der Waals surface area (Å²) in [6.45, 7) is 4.64. The second kappa shape index (κ2) is 10.7. The molecule has 3 aliphatic rings. The number of nitriles is 1. The second-order valence-electron chi connectivity index (χ2n) is 11.3. The van der Waals surface area contributed by atoms with E-state index in [0.29, 0.717) is 19.4 Å². The molecule has 3 heterocycles. The van der Waals surface area contributed by atoms with Crippen molar-refractivity contribution in [2.75, 3.05) is 24.6 Å². The number of fused-ring (bicyclic) bond motifs is 1. The zero-order valence-electron chi connectivity index (χ0n) is 21.3. The molecule has 6 atom stereocenters. The predicted octanol–water partition coefficient (Wildman–Crippen LogP) is -0.124. The molecule has 0 aromatic heterocycles. The Hall–Kier alpha value is -2.89. The molecule has 0 aromatic carbocycles. The third-order valence-corrected chi connectivity index (χ3v) is 9.11. The van der Waals surface area contributed by atoms with Crippen molar-refractivity contribution in [3.05, 3.63) is 0 Å². The van der Waals surface area contributed by atoms with Gasteiger partial charge in [0.15, 0.2) is 9.84 Å². The molecule has 15 heteroatoms. The van der Waals surface area contributed by atoms with Crippen molar-refractivity contribution >= 4 is 33.5 Å². The average Bonchev–Trinajstić information content (AvgIpc) is 3.27. The Morgan fingerprint density at radius 3 is 2.39 bits per heavy atom. The maximum absolute atomic E-state index is 13.6. The molecular formula is C23H32F3N5O6S. The van der Waals surface area contributed by atoms with E-state index in [4.69, 9.17) is 0 Å². The minimum atomic E-state index is -5.25. The van der Waals surface area contributed by atoms with Crippen molar-refractivity contribution in [2.24, 2.45) is 23.2 Å². The third-order valence-electron chi connectivity index (χ3n) is 7.28. The van der Waals surface area contributed by atoms with Crippen LogP contribution in [-0.2, 0) is 29.0 Å². The largest absolute Gasteiger partial charge is 0.471 e. The first kappa shape index (κ1) is 29.7. The number of nitrogens with zero attached hydrogens (tertiary/aromatic N) is 2. The Morgan fingerprint density at radius 2 is 1.84 bits per heavy atom. The summed E-state index contributed by atoms with van der Waals surface area (Å²) in [5.74, 6) is -7.05. The van der Waals surface area contributed by atoms with Crippen LogP contribution in [0.3, 0.4) is 0 Å². The quantitative estimate of drug-likeness (QED) is 0.405. The monoisotopic (exact) mass is 563 g/mol. The SMILES string of the molecule is CC(C)(C)[C@H](NC(=O)C(F)(F)F)C(=O)N1C[C@@H]2CS(=O)(=O)C[C@@H]2[C@H]1C(=O)N[C@H](C#N)C[C@@H]1CCCNC1=O. The van der Waals surface area contributed by atoms with Crippen LogP contribution in [-0.4, -0.2) is 85.8 Å². The number of carbonyl (C=O) groups excluding carboxylic acids is 4. The smallest absolute Gasteiger partial charge is 0.356 e. The van der Waals surface area contributed by atoms with E-state index in [1.165, 1.54) is 20.8 Å². The summed E-state index contributed by atoms with van der Waals surface area (Å²) < 4.78 is 63.6. The Balaban J connectivity index is 1.87. The molecule has 0 saturated carbocycles. The summed E-state index contributed by atoms with van der Waals surface area (Å²) >= 11 is 0. The molecule has 38 heavy (non-hydrogen) atoms. The van der Waals surface area contributed by atoms with Crippen LogP contribution in [0.25, 0.3) is 0 Å². The van der Waals surface area contributed by atoms with Crippen LogP contribution in [0.2, 0.25) is 0 Å². The number of nitrogens with one attached hydrogen (secondary N) is 3. The maximum Gasteiger partial charge on any atom is 0.471 e. The van der Waals surface area contributed by atoms with Gasteiger partial charge in [-0.05, 0) is 30.6 Å².